The highest BCUT2D eigenvalue weighted by Gasteiger charge is 2.59. The number of phenolic OH excluding ortho intramolecular Hbond substituents is 1. The Labute approximate surface area is 197 Å². The molecule has 1 heterocycles. The summed E-state index contributed by atoms with van der Waals surface area (Å²) in [6.45, 7) is 0.339. The van der Waals surface area contributed by atoms with E-state index in [-0.39, 0.29) is 5.75 Å². The van der Waals surface area contributed by atoms with E-state index in [1.165, 1.54) is 0 Å². The van der Waals surface area contributed by atoms with E-state index >= 15 is 0 Å². The van der Waals surface area contributed by atoms with Crippen LogP contribution in [-0.4, -0.2) is 46.8 Å². The van der Waals surface area contributed by atoms with Crippen molar-refractivity contribution in [2.24, 2.45) is 5.41 Å². The Morgan fingerprint density at radius 2 is 1.88 bits per heavy atom. The monoisotopic (exact) mass is 472 g/mol. The third-order valence-electron chi connectivity index (χ3n) is 6.35. The van der Waals surface area contributed by atoms with Gasteiger partial charge in [-0.3, -0.25) is 0 Å². The number of hydrogen-bond acceptors (Lipinski definition) is 7. The minimum absolute atomic E-state index is 0.0360. The number of hydrogen-bond donors (Lipinski definition) is 4. The summed E-state index contributed by atoms with van der Waals surface area (Å²) in [5.41, 5.74) is 7.24. The molecule has 3 aromatic rings. The molecule has 0 aliphatic heterocycles. The van der Waals surface area contributed by atoms with Crippen LogP contribution >= 0.6 is 11.6 Å². The molecule has 0 radical (unpaired) electrons. The number of nitrogens with zero attached hydrogens (tertiary/aromatic N) is 2. The van der Waals surface area contributed by atoms with Crippen molar-refractivity contribution in [2.45, 2.75) is 37.8 Å². The summed E-state index contributed by atoms with van der Waals surface area (Å²) in [6, 6.07) is 11.5. The number of aromatic amines is 1. The highest BCUT2D eigenvalue weighted by Crippen LogP contribution is 2.57. The fourth-order valence-corrected chi connectivity index (χ4v) is 4.67. The van der Waals surface area contributed by atoms with Crippen molar-refractivity contribution in [1.29, 1.82) is 0 Å². The van der Waals surface area contributed by atoms with Crippen LogP contribution in [0.15, 0.2) is 54.9 Å². The van der Waals surface area contributed by atoms with Gasteiger partial charge in [0.05, 0.1) is 18.7 Å². The molecule has 8 nitrogen and oxygen atoms in total. The number of nitrogens with one attached hydrogen (secondary N) is 1. The number of aliphatic hydroxyl groups excluding tert-OH is 1. The predicted octanol–water partition coefficient (Wildman–Crippen LogP) is 3.86. The molecule has 4 rings (SSSR count). The molecule has 0 saturated heterocycles. The average molecular weight is 473 g/mol. The quantitative estimate of drug-likeness (QED) is 0.201. The molecule has 0 amide bonds. The van der Waals surface area contributed by atoms with Crippen LogP contribution in [0.25, 0.3) is 0 Å². The van der Waals surface area contributed by atoms with E-state index in [1.807, 2.05) is 17.0 Å². The molecule has 2 aromatic carbocycles. The summed E-state index contributed by atoms with van der Waals surface area (Å²) in [5.74, 6) is 0.735. The minimum Gasteiger partial charge on any atom is -0.508 e. The predicted molar refractivity (Wildman–Crippen MR) is 127 cm³/mol. The highest BCUT2D eigenvalue weighted by molar-refractivity contribution is 6.30. The number of aromatic hydroxyl groups is 1. The maximum Gasteiger partial charge on any atom is 0.164 e. The maximum atomic E-state index is 11.9. The first-order chi connectivity index (χ1) is 15.9. The summed E-state index contributed by atoms with van der Waals surface area (Å²) in [6.07, 6.45) is 3.29. The molecule has 33 heavy (non-hydrogen) atoms. The van der Waals surface area contributed by atoms with Crippen LogP contribution in [0.3, 0.4) is 0 Å². The van der Waals surface area contributed by atoms with E-state index in [0.717, 1.165) is 18.5 Å². The van der Waals surface area contributed by atoms with Gasteiger partial charge in [0.25, 0.3) is 0 Å². The lowest BCUT2D eigenvalue weighted by Crippen LogP contribution is -2.46. The summed E-state index contributed by atoms with van der Waals surface area (Å²) in [4.78, 5) is 9.48. The second-order valence-corrected chi connectivity index (χ2v) is 8.82. The van der Waals surface area contributed by atoms with Gasteiger partial charge >= 0.3 is 0 Å². The van der Waals surface area contributed by atoms with Gasteiger partial charge in [-0.05, 0) is 55.3 Å². The lowest BCUT2D eigenvalue weighted by Gasteiger charge is -2.41. The Balaban J connectivity index is 1.86. The molecule has 176 valence electrons. The molecule has 9 heteroatoms. The molecule has 0 unspecified atom stereocenters. The lowest BCUT2D eigenvalue weighted by atomic mass is 9.86. The van der Waals surface area contributed by atoms with Gasteiger partial charge in [0.2, 0.25) is 0 Å². The molecule has 1 aliphatic carbocycles. The van der Waals surface area contributed by atoms with Crippen molar-refractivity contribution in [2.75, 3.05) is 24.9 Å². The van der Waals surface area contributed by atoms with Crippen molar-refractivity contribution in [3.8, 4) is 5.75 Å². The van der Waals surface area contributed by atoms with Crippen LogP contribution < -0.4 is 10.6 Å². The zero-order chi connectivity index (χ0) is 23.6. The van der Waals surface area contributed by atoms with Gasteiger partial charge in [0.15, 0.2) is 6.29 Å². The number of ether oxygens (including phenoxy) is 2. The van der Waals surface area contributed by atoms with Crippen LogP contribution in [0.4, 0.5) is 11.4 Å². The maximum absolute atomic E-state index is 11.9. The fourth-order valence-electron chi connectivity index (χ4n) is 4.54. The van der Waals surface area contributed by atoms with Crippen LogP contribution in [-0.2, 0) is 16.0 Å². The first kappa shape index (κ1) is 23.4. The largest absolute Gasteiger partial charge is 0.508 e. The van der Waals surface area contributed by atoms with Crippen LogP contribution in [0.2, 0.25) is 5.02 Å². The number of nitrogens with two attached hydrogens (primary N) is 1. The number of methoxy groups -OCH3 is 2. The second kappa shape index (κ2) is 9.61. The second-order valence-electron chi connectivity index (χ2n) is 8.38. The molecular weight excluding hydrogens is 444 g/mol. The number of rotatable bonds is 10. The standard InChI is InChI=1S/C24H29ClN4O4/c1-32-23(33-2)24(9-10-24)22(31)21(18-13-16(26)5-8-19(18)30)29(14-20-27-11-12-28-20)17-6-3-15(25)4-7-17/h3-8,11-13,21-23,30-31H,9-10,14,26H2,1-2H3,(H,27,28)/t21-,22+/m0/s1. The molecule has 1 saturated carbocycles. The summed E-state index contributed by atoms with van der Waals surface area (Å²) in [5, 5.41) is 23.4. The average Bonchev–Trinajstić information content (AvgIpc) is 3.44. The molecule has 2 atom stereocenters. The van der Waals surface area contributed by atoms with Gasteiger partial charge in [-0.15, -0.1) is 0 Å². The van der Waals surface area contributed by atoms with Gasteiger partial charge in [-0.1, -0.05) is 11.6 Å². The normalized spacial score (nSPS) is 16.5. The van der Waals surface area contributed by atoms with Crippen molar-refractivity contribution in [3.05, 3.63) is 71.3 Å². The molecule has 1 aliphatic rings. The molecule has 5 N–H and O–H groups in total. The molecule has 0 spiro atoms. The van der Waals surface area contributed by atoms with Crippen LogP contribution in [0, 0.1) is 5.41 Å². The Morgan fingerprint density at radius 3 is 2.45 bits per heavy atom. The molecular formula is C24H29ClN4O4. The Hall–Kier alpha value is -2.78. The first-order valence-corrected chi connectivity index (χ1v) is 11.1. The van der Waals surface area contributed by atoms with Gasteiger partial charge in [-0.25, -0.2) is 4.98 Å². The summed E-state index contributed by atoms with van der Waals surface area (Å²) in [7, 11) is 3.13. The number of nitrogen functional groups attached to an aromatic ring is 1. The number of phenols is 1. The SMILES string of the molecule is COC(OC)C1([C@H](O)[C@H](c2cc(N)ccc2O)N(Cc2ncc[nH]2)c2ccc(Cl)cc2)CC1. The van der Waals surface area contributed by atoms with E-state index in [0.29, 0.717) is 28.6 Å². The van der Waals surface area contributed by atoms with Crippen molar-refractivity contribution in [1.82, 2.24) is 9.97 Å². The Kier molecular flexibility index (Phi) is 6.81. The number of anilines is 2. The Morgan fingerprint density at radius 1 is 1.18 bits per heavy atom. The van der Waals surface area contributed by atoms with E-state index in [1.54, 1.807) is 56.9 Å². The van der Waals surface area contributed by atoms with Crippen LogP contribution in [0.1, 0.15) is 30.3 Å². The molecule has 1 fully saturated rings. The molecule has 0 bridgehead atoms. The topological polar surface area (TPSA) is 117 Å². The number of imidazole rings is 1. The zero-order valence-corrected chi connectivity index (χ0v) is 19.4. The zero-order valence-electron chi connectivity index (χ0n) is 18.6. The number of aliphatic hydroxyl groups is 1. The Bertz CT molecular complexity index is 1050. The first-order valence-electron chi connectivity index (χ1n) is 10.7. The summed E-state index contributed by atoms with van der Waals surface area (Å²) >= 11 is 6.15. The van der Waals surface area contributed by atoms with Gasteiger partial charge < -0.3 is 35.3 Å². The highest BCUT2D eigenvalue weighted by atomic mass is 35.5. The van der Waals surface area contributed by atoms with E-state index in [4.69, 9.17) is 26.8 Å². The number of halogens is 1. The smallest absolute Gasteiger partial charge is 0.164 e. The van der Waals surface area contributed by atoms with E-state index in [9.17, 15) is 10.2 Å². The van der Waals surface area contributed by atoms with E-state index in [2.05, 4.69) is 9.97 Å². The van der Waals surface area contributed by atoms with Crippen molar-refractivity contribution < 1.29 is 19.7 Å². The lowest BCUT2D eigenvalue weighted by molar-refractivity contribution is -0.176. The minimum atomic E-state index is -0.958. The van der Waals surface area contributed by atoms with Crippen molar-refractivity contribution >= 4 is 23.0 Å². The fraction of sp³-hybridized carbons (Fsp3) is 0.375. The third-order valence-corrected chi connectivity index (χ3v) is 6.60. The number of aromatic nitrogens is 2. The summed E-state index contributed by atoms with van der Waals surface area (Å²) < 4.78 is 11.1. The number of benzene rings is 2. The van der Waals surface area contributed by atoms with Gasteiger partial charge in [0.1, 0.15) is 11.6 Å². The molecule has 1 aromatic heterocycles. The third kappa shape index (κ3) is 4.65. The van der Waals surface area contributed by atoms with Gasteiger partial charge in [0, 0.05) is 54.0 Å². The van der Waals surface area contributed by atoms with Gasteiger partial charge in [-0.2, -0.15) is 0 Å². The van der Waals surface area contributed by atoms with Crippen molar-refractivity contribution in [3.63, 3.8) is 0 Å². The van der Waals surface area contributed by atoms with Crippen LogP contribution in [0.5, 0.6) is 5.75 Å². The number of H-pyrrole nitrogens is 1. The van der Waals surface area contributed by atoms with E-state index < -0.39 is 23.9 Å².